The van der Waals surface area contributed by atoms with Crippen LogP contribution in [0.1, 0.15) is 10.6 Å². The largest absolute Gasteiger partial charge is 0.461 e. The topological polar surface area (TPSA) is 60.9 Å². The summed E-state index contributed by atoms with van der Waals surface area (Å²) in [6.45, 7) is 0.133. The second-order valence-corrected chi connectivity index (χ2v) is 3.64. The van der Waals surface area contributed by atoms with Crippen LogP contribution in [0.25, 0.3) is 11.0 Å². The van der Waals surface area contributed by atoms with E-state index in [-0.39, 0.29) is 12.3 Å². The molecule has 0 amide bonds. The molecule has 0 saturated heterocycles. The summed E-state index contributed by atoms with van der Waals surface area (Å²) in [4.78, 5) is 11.8. The lowest BCUT2D eigenvalue weighted by Gasteiger charge is -1.99. The van der Waals surface area contributed by atoms with E-state index in [0.717, 1.165) is 11.0 Å². The van der Waals surface area contributed by atoms with Crippen molar-refractivity contribution in [2.24, 2.45) is 0 Å². The summed E-state index contributed by atoms with van der Waals surface area (Å²) in [6.07, 6.45) is 1.48. The number of ketones is 1. The van der Waals surface area contributed by atoms with Gasteiger partial charge in [-0.2, -0.15) is 0 Å². The van der Waals surface area contributed by atoms with Crippen molar-refractivity contribution in [2.75, 3.05) is 0 Å². The van der Waals surface area contributed by atoms with E-state index in [1.165, 1.54) is 6.26 Å². The van der Waals surface area contributed by atoms with Gasteiger partial charge in [0.1, 0.15) is 12.1 Å². The van der Waals surface area contributed by atoms with Crippen molar-refractivity contribution in [1.82, 2.24) is 15.0 Å². The molecule has 17 heavy (non-hydrogen) atoms. The van der Waals surface area contributed by atoms with Gasteiger partial charge in [0, 0.05) is 0 Å². The zero-order chi connectivity index (χ0) is 11.7. The number of benzene rings is 1. The Labute approximate surface area is 96.7 Å². The minimum Gasteiger partial charge on any atom is -0.461 e. The van der Waals surface area contributed by atoms with Crippen LogP contribution in [0, 0.1) is 0 Å². The van der Waals surface area contributed by atoms with Gasteiger partial charge in [0.05, 0.1) is 11.8 Å². The predicted octanol–water partition coefficient (Wildman–Crippen LogP) is 1.91. The molecule has 5 nitrogen and oxygen atoms in total. The minimum atomic E-state index is -0.120. The molecule has 0 aliphatic heterocycles. The van der Waals surface area contributed by atoms with Crippen LogP contribution in [0.4, 0.5) is 0 Å². The number of Topliss-reactive ketones (excluding diaryl/α,β-unsaturated/α-hetero) is 1. The van der Waals surface area contributed by atoms with Crippen molar-refractivity contribution in [1.29, 1.82) is 0 Å². The molecule has 3 rings (SSSR count). The fourth-order valence-corrected chi connectivity index (χ4v) is 1.69. The molecular formula is C12H9N3O2. The molecule has 0 aliphatic rings. The molecule has 2 heterocycles. The van der Waals surface area contributed by atoms with Gasteiger partial charge in [-0.15, -0.1) is 5.10 Å². The summed E-state index contributed by atoms with van der Waals surface area (Å²) < 4.78 is 6.61. The summed E-state index contributed by atoms with van der Waals surface area (Å²) in [7, 11) is 0. The number of carbonyl (C=O) groups excluding carboxylic acids is 1. The molecular weight excluding hydrogens is 218 g/mol. The molecule has 0 radical (unpaired) electrons. The molecule has 3 aromatic rings. The van der Waals surface area contributed by atoms with Crippen molar-refractivity contribution in [3.8, 4) is 0 Å². The molecule has 0 spiro atoms. The van der Waals surface area contributed by atoms with E-state index in [1.807, 2.05) is 24.3 Å². The Morgan fingerprint density at radius 3 is 2.94 bits per heavy atom. The van der Waals surface area contributed by atoms with E-state index in [0.29, 0.717) is 5.76 Å². The first-order chi connectivity index (χ1) is 8.34. The summed E-state index contributed by atoms with van der Waals surface area (Å²) in [5.74, 6) is 0.218. The number of hydrogen-bond donors (Lipinski definition) is 0. The van der Waals surface area contributed by atoms with Crippen LogP contribution in [0.2, 0.25) is 0 Å². The summed E-state index contributed by atoms with van der Waals surface area (Å²) >= 11 is 0. The van der Waals surface area contributed by atoms with Crippen molar-refractivity contribution in [3.05, 3.63) is 48.4 Å². The van der Waals surface area contributed by atoms with Crippen LogP contribution < -0.4 is 0 Å². The van der Waals surface area contributed by atoms with E-state index < -0.39 is 0 Å². The normalized spacial score (nSPS) is 10.8. The Morgan fingerprint density at radius 1 is 1.24 bits per heavy atom. The van der Waals surface area contributed by atoms with Crippen molar-refractivity contribution in [2.45, 2.75) is 6.54 Å². The van der Waals surface area contributed by atoms with Crippen LogP contribution in [-0.2, 0) is 6.54 Å². The van der Waals surface area contributed by atoms with Crippen molar-refractivity contribution >= 4 is 16.8 Å². The average Bonchev–Trinajstić information content (AvgIpc) is 2.98. The number of fused-ring (bicyclic) bond motifs is 1. The van der Waals surface area contributed by atoms with Crippen LogP contribution in [-0.4, -0.2) is 20.8 Å². The Kier molecular flexibility index (Phi) is 2.22. The monoisotopic (exact) mass is 227 g/mol. The molecule has 0 N–H and O–H groups in total. The Morgan fingerprint density at radius 2 is 2.12 bits per heavy atom. The van der Waals surface area contributed by atoms with Gasteiger partial charge in [0.15, 0.2) is 5.76 Å². The van der Waals surface area contributed by atoms with E-state index in [2.05, 4.69) is 10.3 Å². The lowest BCUT2D eigenvalue weighted by atomic mass is 10.3. The zero-order valence-corrected chi connectivity index (χ0v) is 8.91. The predicted molar refractivity (Wildman–Crippen MR) is 60.6 cm³/mol. The summed E-state index contributed by atoms with van der Waals surface area (Å²) in [6, 6.07) is 10.8. The second kappa shape index (κ2) is 3.86. The number of furan rings is 1. The summed E-state index contributed by atoms with van der Waals surface area (Å²) in [5.41, 5.74) is 1.62. The van der Waals surface area contributed by atoms with Crippen LogP contribution in [0.3, 0.4) is 0 Å². The molecule has 1 aromatic carbocycles. The Hall–Kier alpha value is -2.43. The van der Waals surface area contributed by atoms with E-state index in [4.69, 9.17) is 4.42 Å². The van der Waals surface area contributed by atoms with E-state index in [1.54, 1.807) is 16.8 Å². The van der Waals surface area contributed by atoms with Gasteiger partial charge in [-0.1, -0.05) is 17.3 Å². The lowest BCUT2D eigenvalue weighted by Crippen LogP contribution is -2.10. The fourth-order valence-electron chi connectivity index (χ4n) is 1.69. The highest BCUT2D eigenvalue weighted by molar-refractivity contribution is 5.93. The van der Waals surface area contributed by atoms with Crippen LogP contribution in [0.5, 0.6) is 0 Å². The van der Waals surface area contributed by atoms with Gasteiger partial charge in [0.2, 0.25) is 5.78 Å². The smallest absolute Gasteiger partial charge is 0.219 e. The van der Waals surface area contributed by atoms with Gasteiger partial charge in [-0.05, 0) is 24.3 Å². The summed E-state index contributed by atoms with van der Waals surface area (Å²) in [5, 5.41) is 7.93. The first-order valence-corrected chi connectivity index (χ1v) is 5.19. The quantitative estimate of drug-likeness (QED) is 0.641. The molecule has 0 atom stereocenters. The molecule has 0 saturated carbocycles. The first-order valence-electron chi connectivity index (χ1n) is 5.19. The molecule has 0 fully saturated rings. The number of aromatic nitrogens is 3. The van der Waals surface area contributed by atoms with Gasteiger partial charge in [0.25, 0.3) is 0 Å². The number of rotatable bonds is 3. The lowest BCUT2D eigenvalue weighted by molar-refractivity contribution is 0.0941. The van der Waals surface area contributed by atoms with Crippen LogP contribution >= 0.6 is 0 Å². The second-order valence-electron chi connectivity index (χ2n) is 3.64. The standard InChI is InChI=1S/C12H9N3O2/c16-11(12-6-3-7-17-12)8-15-10-5-2-1-4-9(10)13-14-15/h1-7H,8H2. The molecule has 5 heteroatoms. The number of para-hydroxylation sites is 1. The average molecular weight is 227 g/mol. The third-order valence-corrected chi connectivity index (χ3v) is 2.51. The maximum atomic E-state index is 11.8. The number of nitrogens with zero attached hydrogens (tertiary/aromatic N) is 3. The van der Waals surface area contributed by atoms with E-state index in [9.17, 15) is 4.79 Å². The number of hydrogen-bond acceptors (Lipinski definition) is 4. The SMILES string of the molecule is O=C(Cn1nnc2ccccc21)c1ccco1. The van der Waals surface area contributed by atoms with Gasteiger partial charge >= 0.3 is 0 Å². The van der Waals surface area contributed by atoms with Gasteiger partial charge in [-0.25, -0.2) is 4.68 Å². The Bertz CT molecular complexity index is 655. The van der Waals surface area contributed by atoms with Crippen LogP contribution in [0.15, 0.2) is 47.1 Å². The Balaban J connectivity index is 1.93. The third kappa shape index (κ3) is 1.71. The first kappa shape index (κ1) is 9.77. The highest BCUT2D eigenvalue weighted by Gasteiger charge is 2.12. The van der Waals surface area contributed by atoms with E-state index >= 15 is 0 Å². The van der Waals surface area contributed by atoms with Gasteiger partial charge in [-0.3, -0.25) is 4.79 Å². The highest BCUT2D eigenvalue weighted by atomic mass is 16.3. The zero-order valence-electron chi connectivity index (χ0n) is 8.91. The molecule has 2 aromatic heterocycles. The third-order valence-electron chi connectivity index (χ3n) is 2.51. The maximum Gasteiger partial charge on any atom is 0.219 e. The van der Waals surface area contributed by atoms with Crippen molar-refractivity contribution < 1.29 is 9.21 Å². The van der Waals surface area contributed by atoms with Gasteiger partial charge < -0.3 is 4.42 Å². The molecule has 0 unspecified atom stereocenters. The minimum absolute atomic E-state index is 0.120. The molecule has 84 valence electrons. The molecule has 0 bridgehead atoms. The molecule has 0 aliphatic carbocycles. The maximum absolute atomic E-state index is 11.8. The highest BCUT2D eigenvalue weighted by Crippen LogP contribution is 2.11. The van der Waals surface area contributed by atoms with Crippen molar-refractivity contribution in [3.63, 3.8) is 0 Å². The fraction of sp³-hybridized carbons (Fsp3) is 0.0833. The number of carbonyl (C=O) groups is 1.